The van der Waals surface area contributed by atoms with Crippen molar-refractivity contribution in [2.24, 2.45) is 0 Å². The molecule has 0 aliphatic carbocycles. The van der Waals surface area contributed by atoms with E-state index in [1.165, 1.54) is 4.90 Å². The zero-order valence-corrected chi connectivity index (χ0v) is 9.79. The molecule has 1 saturated heterocycles. The Morgan fingerprint density at radius 2 is 2.06 bits per heavy atom. The van der Waals surface area contributed by atoms with Gasteiger partial charge in [0.05, 0.1) is 35.3 Å². The van der Waals surface area contributed by atoms with Gasteiger partial charge in [-0.05, 0) is 18.2 Å². The van der Waals surface area contributed by atoms with Crippen molar-refractivity contribution in [3.63, 3.8) is 0 Å². The van der Waals surface area contributed by atoms with Crippen LogP contribution in [0.15, 0.2) is 18.2 Å². The van der Waals surface area contributed by atoms with Crippen LogP contribution >= 0.6 is 11.6 Å². The second-order valence-electron chi connectivity index (χ2n) is 4.03. The standard InChI is InChI=1S/C11H9ClF3NO2/c12-8-3-6(11(13,14)15)1-2-9(8)16-5-7(17)4-10(16)18/h1-3,7,17H,4-5H2. The van der Waals surface area contributed by atoms with Gasteiger partial charge in [-0.15, -0.1) is 0 Å². The van der Waals surface area contributed by atoms with E-state index in [0.717, 1.165) is 18.2 Å². The maximum absolute atomic E-state index is 12.4. The third-order valence-corrected chi connectivity index (χ3v) is 2.97. The van der Waals surface area contributed by atoms with Crippen LogP contribution in [0.4, 0.5) is 18.9 Å². The minimum absolute atomic E-state index is 0.0443. The molecule has 0 radical (unpaired) electrons. The molecule has 0 bridgehead atoms. The summed E-state index contributed by atoms with van der Waals surface area (Å²) in [7, 11) is 0. The Morgan fingerprint density at radius 3 is 2.50 bits per heavy atom. The number of halogens is 4. The van der Waals surface area contributed by atoms with Crippen LogP contribution < -0.4 is 4.90 Å². The topological polar surface area (TPSA) is 40.5 Å². The molecule has 1 atom stereocenters. The Hall–Kier alpha value is -1.27. The number of hydrogen-bond donors (Lipinski definition) is 1. The van der Waals surface area contributed by atoms with Gasteiger partial charge in [-0.1, -0.05) is 11.6 Å². The number of β-amino-alcohol motifs (C(OH)–C–C–N with tert-alkyl or cyclic N) is 1. The lowest BCUT2D eigenvalue weighted by Gasteiger charge is -2.18. The lowest BCUT2D eigenvalue weighted by atomic mass is 10.2. The van der Waals surface area contributed by atoms with E-state index in [1.807, 2.05) is 0 Å². The minimum Gasteiger partial charge on any atom is -0.391 e. The first-order valence-electron chi connectivity index (χ1n) is 5.14. The molecule has 2 rings (SSSR count). The Labute approximate surface area is 106 Å². The maximum Gasteiger partial charge on any atom is 0.416 e. The third-order valence-electron chi connectivity index (χ3n) is 2.67. The van der Waals surface area contributed by atoms with Crippen molar-refractivity contribution < 1.29 is 23.1 Å². The summed E-state index contributed by atoms with van der Waals surface area (Å²) < 4.78 is 37.3. The highest BCUT2D eigenvalue weighted by Gasteiger charge is 2.33. The molecule has 0 aromatic heterocycles. The van der Waals surface area contributed by atoms with Crippen LogP contribution in [-0.4, -0.2) is 23.7 Å². The molecule has 1 aliphatic rings. The molecule has 1 aromatic rings. The summed E-state index contributed by atoms with van der Waals surface area (Å²) in [6.07, 6.45) is -5.33. The first-order valence-corrected chi connectivity index (χ1v) is 5.52. The van der Waals surface area contributed by atoms with Gasteiger partial charge in [0.1, 0.15) is 0 Å². The molecule has 0 saturated carbocycles. The molecule has 1 aromatic carbocycles. The van der Waals surface area contributed by atoms with Crippen molar-refractivity contribution in [2.45, 2.75) is 18.7 Å². The number of rotatable bonds is 1. The Balaban J connectivity index is 2.34. The number of alkyl halides is 3. The Morgan fingerprint density at radius 1 is 1.39 bits per heavy atom. The van der Waals surface area contributed by atoms with Gasteiger partial charge in [0.15, 0.2) is 0 Å². The van der Waals surface area contributed by atoms with Crippen LogP contribution in [-0.2, 0) is 11.0 Å². The predicted molar refractivity (Wildman–Crippen MR) is 59.4 cm³/mol. The summed E-state index contributed by atoms with van der Waals surface area (Å²) in [5, 5.41) is 9.16. The molecular formula is C11H9ClF3NO2. The first-order chi connectivity index (χ1) is 8.29. The molecule has 18 heavy (non-hydrogen) atoms. The zero-order valence-electron chi connectivity index (χ0n) is 9.04. The van der Waals surface area contributed by atoms with E-state index >= 15 is 0 Å². The number of amides is 1. The monoisotopic (exact) mass is 279 g/mol. The van der Waals surface area contributed by atoms with Gasteiger partial charge in [-0.3, -0.25) is 4.79 Å². The van der Waals surface area contributed by atoms with E-state index in [4.69, 9.17) is 11.6 Å². The highest BCUT2D eigenvalue weighted by molar-refractivity contribution is 6.34. The van der Waals surface area contributed by atoms with Crippen LogP contribution in [0.3, 0.4) is 0 Å². The van der Waals surface area contributed by atoms with Crippen molar-refractivity contribution in [1.82, 2.24) is 0 Å². The quantitative estimate of drug-likeness (QED) is 0.858. The molecule has 1 N–H and O–H groups in total. The molecule has 1 fully saturated rings. The van der Waals surface area contributed by atoms with E-state index in [9.17, 15) is 23.1 Å². The van der Waals surface area contributed by atoms with Gasteiger partial charge in [0.25, 0.3) is 0 Å². The maximum atomic E-state index is 12.4. The van der Waals surface area contributed by atoms with E-state index < -0.39 is 17.8 Å². The van der Waals surface area contributed by atoms with Crippen LogP contribution in [0.25, 0.3) is 0 Å². The van der Waals surface area contributed by atoms with Crippen molar-refractivity contribution >= 4 is 23.2 Å². The number of benzene rings is 1. The second-order valence-corrected chi connectivity index (χ2v) is 4.43. The summed E-state index contributed by atoms with van der Waals surface area (Å²) in [6.45, 7) is 0.0456. The number of nitrogens with zero attached hydrogens (tertiary/aromatic N) is 1. The molecule has 3 nitrogen and oxygen atoms in total. The summed E-state index contributed by atoms with van der Waals surface area (Å²) in [4.78, 5) is 12.7. The molecule has 98 valence electrons. The largest absolute Gasteiger partial charge is 0.416 e. The molecular weight excluding hydrogens is 271 g/mol. The normalized spacial score (nSPS) is 20.6. The summed E-state index contributed by atoms with van der Waals surface area (Å²) in [5.74, 6) is -0.357. The Kier molecular flexibility index (Phi) is 3.25. The van der Waals surface area contributed by atoms with E-state index in [0.29, 0.717) is 0 Å². The SMILES string of the molecule is O=C1CC(O)CN1c1ccc(C(F)(F)F)cc1Cl. The van der Waals surface area contributed by atoms with E-state index in [-0.39, 0.29) is 29.6 Å². The summed E-state index contributed by atoms with van der Waals surface area (Å²) >= 11 is 5.75. The van der Waals surface area contributed by atoms with Crippen molar-refractivity contribution in [3.8, 4) is 0 Å². The molecule has 1 aliphatic heterocycles. The highest BCUT2D eigenvalue weighted by Crippen LogP contribution is 2.36. The van der Waals surface area contributed by atoms with E-state index in [1.54, 1.807) is 0 Å². The number of hydrogen-bond acceptors (Lipinski definition) is 2. The second kappa shape index (κ2) is 4.44. The fraction of sp³-hybridized carbons (Fsp3) is 0.364. The fourth-order valence-electron chi connectivity index (χ4n) is 1.82. The first kappa shape index (κ1) is 13.2. The predicted octanol–water partition coefficient (Wildman–Crippen LogP) is 2.46. The van der Waals surface area contributed by atoms with E-state index in [2.05, 4.69) is 0 Å². The lowest BCUT2D eigenvalue weighted by molar-refractivity contribution is -0.137. The molecule has 0 spiro atoms. The molecule has 7 heteroatoms. The average Bonchev–Trinajstić information content (AvgIpc) is 2.56. The third kappa shape index (κ3) is 2.44. The molecule has 1 amide bonds. The number of carbonyl (C=O) groups excluding carboxylic acids is 1. The van der Waals surface area contributed by atoms with Crippen LogP contribution in [0, 0.1) is 0 Å². The zero-order chi connectivity index (χ0) is 13.5. The summed E-state index contributed by atoms with van der Waals surface area (Å²) in [5.41, 5.74) is -0.685. The highest BCUT2D eigenvalue weighted by atomic mass is 35.5. The lowest BCUT2D eigenvalue weighted by Crippen LogP contribution is -2.25. The number of carbonyl (C=O) groups is 1. The van der Waals surface area contributed by atoms with Crippen LogP contribution in [0.2, 0.25) is 5.02 Å². The van der Waals surface area contributed by atoms with Gasteiger partial charge >= 0.3 is 6.18 Å². The fourth-order valence-corrected chi connectivity index (χ4v) is 2.11. The number of aliphatic hydroxyl groups is 1. The van der Waals surface area contributed by atoms with Gasteiger partial charge in [-0.25, -0.2) is 0 Å². The average molecular weight is 280 g/mol. The summed E-state index contributed by atoms with van der Waals surface area (Å²) in [6, 6.07) is 2.77. The van der Waals surface area contributed by atoms with Crippen molar-refractivity contribution in [3.05, 3.63) is 28.8 Å². The molecule has 1 unspecified atom stereocenters. The van der Waals surface area contributed by atoms with Gasteiger partial charge < -0.3 is 10.0 Å². The smallest absolute Gasteiger partial charge is 0.391 e. The molecule has 1 heterocycles. The van der Waals surface area contributed by atoms with Crippen molar-refractivity contribution in [1.29, 1.82) is 0 Å². The van der Waals surface area contributed by atoms with Gasteiger partial charge in [-0.2, -0.15) is 13.2 Å². The Bertz CT molecular complexity index is 490. The van der Waals surface area contributed by atoms with Crippen molar-refractivity contribution in [2.75, 3.05) is 11.4 Å². The van der Waals surface area contributed by atoms with Gasteiger partial charge in [0, 0.05) is 0 Å². The van der Waals surface area contributed by atoms with Gasteiger partial charge in [0.2, 0.25) is 5.91 Å². The van der Waals surface area contributed by atoms with Crippen LogP contribution in [0.1, 0.15) is 12.0 Å². The number of anilines is 1. The minimum atomic E-state index is -4.48. The van der Waals surface area contributed by atoms with Crippen LogP contribution in [0.5, 0.6) is 0 Å². The number of aliphatic hydroxyl groups excluding tert-OH is 1.